The van der Waals surface area contributed by atoms with Crippen LogP contribution in [0.2, 0.25) is 0 Å². The minimum absolute atomic E-state index is 0.0278. The van der Waals surface area contributed by atoms with Gasteiger partial charge >= 0.3 is 23.9 Å². The van der Waals surface area contributed by atoms with E-state index in [0.717, 1.165) is 122 Å². The van der Waals surface area contributed by atoms with Crippen molar-refractivity contribution in [2.45, 2.75) is 282 Å². The summed E-state index contributed by atoms with van der Waals surface area (Å²) >= 11 is 0. The Labute approximate surface area is 407 Å². The van der Waals surface area contributed by atoms with Gasteiger partial charge in [-0.05, 0) is 71.1 Å². The molecule has 5 atom stereocenters. The van der Waals surface area contributed by atoms with E-state index in [1.54, 1.807) is 13.0 Å². The second-order valence-electron chi connectivity index (χ2n) is 18.5. The van der Waals surface area contributed by atoms with E-state index in [4.69, 9.17) is 23.7 Å². The van der Waals surface area contributed by atoms with Gasteiger partial charge in [-0.3, -0.25) is 14.4 Å². The first-order chi connectivity index (χ1) is 32.6. The molecule has 0 aliphatic carbocycles. The van der Waals surface area contributed by atoms with Crippen LogP contribution in [0, 0.1) is 0 Å². The van der Waals surface area contributed by atoms with Gasteiger partial charge in [-0.15, -0.1) is 0 Å². The minimum atomic E-state index is -0.653. The fraction of sp³-hybridized carbons (Fsp3) is 0.836. The predicted molar refractivity (Wildman–Crippen MR) is 267 cm³/mol. The van der Waals surface area contributed by atoms with Crippen LogP contribution in [0.3, 0.4) is 0 Å². The molecule has 5 unspecified atom stereocenters. The van der Waals surface area contributed by atoms with Crippen molar-refractivity contribution in [2.75, 3.05) is 13.2 Å². The van der Waals surface area contributed by atoms with Crippen LogP contribution in [0.15, 0.2) is 24.8 Å². The first-order valence-corrected chi connectivity index (χ1v) is 27.0. The Morgan fingerprint density at radius 2 is 0.896 bits per heavy atom. The van der Waals surface area contributed by atoms with Crippen molar-refractivity contribution in [1.29, 1.82) is 0 Å². The zero-order valence-corrected chi connectivity index (χ0v) is 42.8. The summed E-state index contributed by atoms with van der Waals surface area (Å²) < 4.78 is 27.1. The lowest BCUT2D eigenvalue weighted by Gasteiger charge is -2.23. The molecule has 0 aromatic carbocycles. The molecule has 0 bridgehead atoms. The summed E-state index contributed by atoms with van der Waals surface area (Å²) in [6.07, 6.45) is 34.6. The molecule has 0 fully saturated rings. The lowest BCUT2D eigenvalue weighted by Crippen LogP contribution is -2.31. The number of aliphatic hydroxyl groups is 2. The number of carbonyl (C=O) groups is 5. The summed E-state index contributed by atoms with van der Waals surface area (Å²) in [5.41, 5.74) is 0. The molecule has 67 heavy (non-hydrogen) atoms. The number of allylic oxidation sites excluding steroid dienone is 1. The molecule has 0 rings (SSSR count). The SMILES string of the molecule is C=CC(=O)OC(CCCCCCCCCCC(=O)OC(CCCOC=O)COC(=O)CCCCCCCCCC(OC(=O)/C=C\C)C(O)CCCCCCCCCC)C(O)CCCCCCC. The average molecular weight is 951 g/mol. The smallest absolute Gasteiger partial charge is 0.330 e. The van der Waals surface area contributed by atoms with E-state index in [0.29, 0.717) is 64.3 Å². The van der Waals surface area contributed by atoms with Gasteiger partial charge in [0.05, 0.1) is 18.8 Å². The monoisotopic (exact) mass is 951 g/mol. The molecule has 0 aromatic heterocycles. The van der Waals surface area contributed by atoms with Crippen LogP contribution in [0.1, 0.15) is 252 Å². The summed E-state index contributed by atoms with van der Waals surface area (Å²) in [6.45, 7) is 10.2. The molecule has 0 aliphatic rings. The van der Waals surface area contributed by atoms with Crippen LogP contribution in [-0.4, -0.2) is 84.3 Å². The Morgan fingerprint density at radius 3 is 1.33 bits per heavy atom. The number of hydrogen-bond donors (Lipinski definition) is 2. The molecule has 12 heteroatoms. The molecule has 2 N–H and O–H groups in total. The molecule has 0 amide bonds. The topological polar surface area (TPSA) is 172 Å². The highest BCUT2D eigenvalue weighted by Gasteiger charge is 2.23. The van der Waals surface area contributed by atoms with Gasteiger partial charge < -0.3 is 33.9 Å². The molecule has 12 nitrogen and oxygen atoms in total. The van der Waals surface area contributed by atoms with E-state index in [9.17, 15) is 34.2 Å². The van der Waals surface area contributed by atoms with Gasteiger partial charge in [0.25, 0.3) is 6.47 Å². The summed E-state index contributed by atoms with van der Waals surface area (Å²) in [6, 6.07) is 0. The number of carbonyl (C=O) groups excluding carboxylic acids is 5. The Hall–Kier alpha value is -3.25. The molecule has 0 spiro atoms. The molecule has 0 aromatic rings. The zero-order chi connectivity index (χ0) is 49.4. The Bertz CT molecular complexity index is 1240. The van der Waals surface area contributed by atoms with Gasteiger partial charge in [-0.25, -0.2) is 9.59 Å². The van der Waals surface area contributed by atoms with Crippen molar-refractivity contribution in [1.82, 2.24) is 0 Å². The van der Waals surface area contributed by atoms with Crippen molar-refractivity contribution < 1.29 is 57.9 Å². The van der Waals surface area contributed by atoms with Crippen LogP contribution in [0.25, 0.3) is 0 Å². The largest absolute Gasteiger partial charge is 0.468 e. The number of rotatable bonds is 50. The second kappa shape index (κ2) is 47.8. The van der Waals surface area contributed by atoms with Crippen LogP contribution < -0.4 is 0 Å². The normalized spacial score (nSPS) is 13.6. The van der Waals surface area contributed by atoms with Crippen molar-refractivity contribution in [3.63, 3.8) is 0 Å². The highest BCUT2D eigenvalue weighted by atomic mass is 16.6. The van der Waals surface area contributed by atoms with Crippen molar-refractivity contribution in [2.24, 2.45) is 0 Å². The summed E-state index contributed by atoms with van der Waals surface area (Å²) in [5.74, 6) is -1.54. The van der Waals surface area contributed by atoms with Gasteiger partial charge in [0.1, 0.15) is 24.9 Å². The first kappa shape index (κ1) is 63.8. The summed E-state index contributed by atoms with van der Waals surface area (Å²) in [4.78, 5) is 59.9. The Morgan fingerprint density at radius 1 is 0.493 bits per heavy atom. The average Bonchev–Trinajstić information content (AvgIpc) is 3.31. The quantitative estimate of drug-likeness (QED) is 0.0195. The van der Waals surface area contributed by atoms with E-state index < -0.39 is 42.5 Å². The Kier molecular flexibility index (Phi) is 45.5. The van der Waals surface area contributed by atoms with Crippen LogP contribution in [0.4, 0.5) is 0 Å². The van der Waals surface area contributed by atoms with Gasteiger partial charge in [0.15, 0.2) is 0 Å². The van der Waals surface area contributed by atoms with Crippen LogP contribution in [-0.2, 0) is 47.7 Å². The van der Waals surface area contributed by atoms with Crippen LogP contribution >= 0.6 is 0 Å². The molecule has 390 valence electrons. The van der Waals surface area contributed by atoms with E-state index in [2.05, 4.69) is 20.4 Å². The third-order valence-electron chi connectivity index (χ3n) is 12.4. The molecule has 0 saturated heterocycles. The third-order valence-corrected chi connectivity index (χ3v) is 12.4. The molecule has 0 saturated carbocycles. The van der Waals surface area contributed by atoms with E-state index in [1.165, 1.54) is 57.4 Å². The molecule has 0 radical (unpaired) electrons. The predicted octanol–water partition coefficient (Wildman–Crippen LogP) is 13.0. The first-order valence-electron chi connectivity index (χ1n) is 27.0. The van der Waals surface area contributed by atoms with Gasteiger partial charge in [0, 0.05) is 25.0 Å². The van der Waals surface area contributed by atoms with Crippen molar-refractivity contribution in [3.8, 4) is 0 Å². The molecular formula is C55H98O12. The highest BCUT2D eigenvalue weighted by molar-refractivity contribution is 5.82. The Balaban J connectivity index is 4.36. The highest BCUT2D eigenvalue weighted by Crippen LogP contribution is 2.21. The fourth-order valence-corrected chi connectivity index (χ4v) is 8.29. The van der Waals surface area contributed by atoms with Gasteiger partial charge in [-0.2, -0.15) is 0 Å². The standard InChI is InChI=1S/C55H98O12/c1-5-9-11-13-14-18-24-30-39-49(58)51(67-54(61)36-7-3)41-32-26-20-17-22-27-33-42-53(60)64-45-47(37-35-44-63-46-56)65-55(62)43-34-28-21-16-15-19-25-31-40-50(66-52(59)8-4)48(57)38-29-23-12-10-6-2/h7-8,36,46-51,57-58H,4-6,9-35,37-45H2,1-3H3/b36-7-. The van der Waals surface area contributed by atoms with Gasteiger partial charge in [-0.1, -0.05) is 181 Å². The molecule has 0 heterocycles. The maximum atomic E-state index is 12.7. The molecular weight excluding hydrogens is 853 g/mol. The van der Waals surface area contributed by atoms with E-state index in [-0.39, 0.29) is 31.6 Å². The number of esters is 4. The lowest BCUT2D eigenvalue weighted by molar-refractivity contribution is -0.160. The molecule has 0 aliphatic heterocycles. The number of hydrogen-bond acceptors (Lipinski definition) is 12. The van der Waals surface area contributed by atoms with E-state index >= 15 is 0 Å². The van der Waals surface area contributed by atoms with Crippen LogP contribution in [0.5, 0.6) is 0 Å². The fourth-order valence-electron chi connectivity index (χ4n) is 8.29. The van der Waals surface area contributed by atoms with Crippen molar-refractivity contribution >= 4 is 30.3 Å². The number of aliphatic hydroxyl groups excluding tert-OH is 2. The maximum absolute atomic E-state index is 12.7. The number of ether oxygens (including phenoxy) is 5. The van der Waals surface area contributed by atoms with Crippen molar-refractivity contribution in [3.05, 3.63) is 24.8 Å². The zero-order valence-electron chi connectivity index (χ0n) is 42.8. The lowest BCUT2D eigenvalue weighted by atomic mass is 9.99. The van der Waals surface area contributed by atoms with E-state index in [1.807, 2.05) is 0 Å². The second-order valence-corrected chi connectivity index (χ2v) is 18.5. The van der Waals surface area contributed by atoms with Gasteiger partial charge in [0.2, 0.25) is 0 Å². The summed E-state index contributed by atoms with van der Waals surface area (Å²) in [5, 5.41) is 21.5. The minimum Gasteiger partial charge on any atom is -0.468 e. The number of unbranched alkanes of at least 4 members (excludes halogenated alkanes) is 24. The third kappa shape index (κ3) is 41.4. The summed E-state index contributed by atoms with van der Waals surface area (Å²) in [7, 11) is 0. The maximum Gasteiger partial charge on any atom is 0.330 e.